The average Bonchev–Trinajstić information content (AvgIpc) is 3.33. The summed E-state index contributed by atoms with van der Waals surface area (Å²) in [7, 11) is 5.41. The van der Waals surface area contributed by atoms with Gasteiger partial charge in [-0.1, -0.05) is 67.4 Å². The van der Waals surface area contributed by atoms with Crippen LogP contribution < -0.4 is 33.2 Å². The minimum absolute atomic E-state index is 0.277. The van der Waals surface area contributed by atoms with Crippen LogP contribution in [0.25, 0.3) is 0 Å². The maximum atomic E-state index is 7.15. The second-order valence-corrected chi connectivity index (χ2v) is 20.6. The van der Waals surface area contributed by atoms with Gasteiger partial charge in [0.15, 0.2) is 11.5 Å². The van der Waals surface area contributed by atoms with Crippen LogP contribution in [0.3, 0.4) is 0 Å². The van der Waals surface area contributed by atoms with Crippen molar-refractivity contribution in [1.82, 2.24) is 0 Å². The monoisotopic (exact) mass is 949 g/mol. The molecule has 2 heterocycles. The molecule has 4 atom stereocenters. The molecule has 370 valence electrons. The Balaban J connectivity index is 1.11. The van der Waals surface area contributed by atoms with E-state index in [0.717, 1.165) is 113 Å². The number of methoxy groups -OCH3 is 3. The van der Waals surface area contributed by atoms with Crippen LogP contribution in [0.15, 0.2) is 66.7 Å². The van der Waals surface area contributed by atoms with E-state index in [-0.39, 0.29) is 11.8 Å². The Bertz CT molecular complexity index is 2480. The highest BCUT2D eigenvalue weighted by atomic mass is 16.6. The molecule has 5 aliphatic carbocycles. The molecular weight excluding hydrogens is 877 g/mol. The Morgan fingerprint density at radius 2 is 0.729 bits per heavy atom. The molecule has 0 N–H and O–H groups in total. The molecule has 0 aromatic heterocycles. The number of fused-ring (bicyclic) bond motifs is 16. The van der Waals surface area contributed by atoms with Gasteiger partial charge in [0.05, 0.1) is 47.8 Å². The lowest BCUT2D eigenvalue weighted by Crippen LogP contribution is -2.25. The average molecular weight is 949 g/mol. The largest absolute Gasteiger partial charge is 0.496 e. The van der Waals surface area contributed by atoms with E-state index in [0.29, 0.717) is 81.9 Å². The van der Waals surface area contributed by atoms with Gasteiger partial charge in [-0.15, -0.1) is 0 Å². The molecule has 9 nitrogen and oxygen atoms in total. The summed E-state index contributed by atoms with van der Waals surface area (Å²) in [6.07, 6.45) is 17.0. The van der Waals surface area contributed by atoms with Gasteiger partial charge in [-0.05, 0) is 180 Å². The number of hydrogen-bond donors (Lipinski definition) is 0. The lowest BCUT2D eigenvalue weighted by molar-refractivity contribution is 0.0725. The van der Waals surface area contributed by atoms with Gasteiger partial charge in [0.2, 0.25) is 5.75 Å². The summed E-state index contributed by atoms with van der Waals surface area (Å²) in [6.45, 7) is 3.21. The van der Waals surface area contributed by atoms with Gasteiger partial charge >= 0.3 is 0 Å². The van der Waals surface area contributed by atoms with E-state index in [1.807, 2.05) is 32.4 Å². The van der Waals surface area contributed by atoms with Gasteiger partial charge < -0.3 is 42.6 Å². The van der Waals surface area contributed by atoms with E-state index in [1.165, 1.54) is 79.6 Å². The fourth-order valence-corrected chi connectivity index (χ4v) is 12.7. The number of aryl methyl sites for hydroxylation is 4. The van der Waals surface area contributed by atoms with Crippen LogP contribution >= 0.6 is 0 Å². The Hall–Kier alpha value is -5.38. The smallest absolute Gasteiger partial charge is 0.203 e. The SMILES string of the molecule is COc1c2cccc1OCCOCCOc1c3cc4cc1C1CCC1c1cc(cc(c1OC)Cc1cc5cc(c1OCCOCCO2)C1CCC1c1cc(cc(c1OC)C3)CCCCC5)CCCCC4. The summed E-state index contributed by atoms with van der Waals surface area (Å²) in [6, 6.07) is 25.6. The highest BCUT2D eigenvalue weighted by molar-refractivity contribution is 5.60. The number of benzene rings is 5. The molecule has 0 radical (unpaired) electrons. The lowest BCUT2D eigenvalue weighted by atomic mass is 9.64. The Labute approximate surface area is 415 Å². The van der Waals surface area contributed by atoms with E-state index in [2.05, 4.69) is 48.5 Å². The molecule has 7 aliphatic rings. The third-order valence-electron chi connectivity index (χ3n) is 16.3. The van der Waals surface area contributed by atoms with Crippen LogP contribution in [0.4, 0.5) is 0 Å². The minimum Gasteiger partial charge on any atom is -0.496 e. The van der Waals surface area contributed by atoms with E-state index in [9.17, 15) is 0 Å². The van der Waals surface area contributed by atoms with Crippen molar-refractivity contribution in [3.05, 3.63) is 133 Å². The number of para-hydroxylation sites is 1. The molecule has 2 saturated carbocycles. The standard InChI is InChI=1S/C61H72O9/c1-62-57-43-29-39-11-6-4-8-14-42-32-46-38-44-30-40-12-7-5-9-13-41-31-45(37-43)59(54(36-41)50-20-18-48(50)52(34-40)58(44)63-2)69-27-23-65-21-25-67-55-15-10-16-56(61(55)64-3)68-26-22-66-24-28-70-60(46)53(35-42)49-19-17-47(49)51(57)33-39/h10,15-16,29-36,47-50H,4-9,11-14,17-28,37-38H2,1-3H3. The van der Waals surface area contributed by atoms with Gasteiger partial charge in [0.1, 0.15) is 49.4 Å². The first-order valence-corrected chi connectivity index (χ1v) is 26.6. The van der Waals surface area contributed by atoms with E-state index in [4.69, 9.17) is 42.6 Å². The summed E-state index contributed by atoms with van der Waals surface area (Å²) in [5, 5.41) is 0. The van der Waals surface area contributed by atoms with Gasteiger partial charge in [-0.2, -0.15) is 0 Å². The maximum Gasteiger partial charge on any atom is 0.203 e. The molecule has 0 spiro atoms. The van der Waals surface area contributed by atoms with E-state index in [1.54, 1.807) is 7.11 Å². The topological polar surface area (TPSA) is 83.1 Å². The van der Waals surface area contributed by atoms with Crippen molar-refractivity contribution in [2.24, 2.45) is 0 Å². The molecule has 16 bridgehead atoms. The predicted molar refractivity (Wildman–Crippen MR) is 273 cm³/mol. The molecule has 2 fully saturated rings. The Kier molecular flexibility index (Phi) is 14.5. The van der Waals surface area contributed by atoms with Gasteiger partial charge in [0, 0.05) is 12.8 Å². The quantitative estimate of drug-likeness (QED) is 0.164. The molecule has 0 amide bonds. The molecule has 5 aromatic rings. The molecule has 4 unspecified atom stereocenters. The molecular formula is C61H72O9. The summed E-state index contributed by atoms with van der Waals surface area (Å²) >= 11 is 0. The van der Waals surface area contributed by atoms with E-state index >= 15 is 0 Å². The summed E-state index contributed by atoms with van der Waals surface area (Å²) < 4.78 is 58.3. The lowest BCUT2D eigenvalue weighted by Gasteiger charge is -2.41. The third kappa shape index (κ3) is 9.69. The summed E-state index contributed by atoms with van der Waals surface area (Å²) in [5.74, 6) is 7.00. The fraction of sp³-hybridized carbons (Fsp3) is 0.508. The van der Waals surface area contributed by atoms with Crippen molar-refractivity contribution in [1.29, 1.82) is 0 Å². The predicted octanol–water partition coefficient (Wildman–Crippen LogP) is 12.3. The molecule has 0 saturated heterocycles. The van der Waals surface area contributed by atoms with Crippen molar-refractivity contribution < 1.29 is 42.6 Å². The second kappa shape index (κ2) is 21.5. The van der Waals surface area contributed by atoms with Crippen molar-refractivity contribution in [2.75, 3.05) is 74.2 Å². The Morgan fingerprint density at radius 1 is 0.371 bits per heavy atom. The van der Waals surface area contributed by atoms with Gasteiger partial charge in [-0.3, -0.25) is 0 Å². The van der Waals surface area contributed by atoms with Crippen molar-refractivity contribution >= 4 is 0 Å². The van der Waals surface area contributed by atoms with Crippen LogP contribution in [0.5, 0.6) is 40.2 Å². The number of ether oxygens (including phenoxy) is 9. The molecule has 12 rings (SSSR count). The van der Waals surface area contributed by atoms with Gasteiger partial charge in [0.25, 0.3) is 0 Å². The van der Waals surface area contributed by atoms with Crippen LogP contribution in [-0.4, -0.2) is 74.2 Å². The number of hydrogen-bond acceptors (Lipinski definition) is 9. The third-order valence-corrected chi connectivity index (χ3v) is 16.3. The Morgan fingerprint density at radius 3 is 1.11 bits per heavy atom. The maximum absolute atomic E-state index is 7.15. The fourth-order valence-electron chi connectivity index (χ4n) is 12.7. The zero-order valence-corrected chi connectivity index (χ0v) is 41.8. The highest BCUT2D eigenvalue weighted by Gasteiger charge is 2.41. The zero-order chi connectivity index (χ0) is 47.4. The molecule has 9 heteroatoms. The van der Waals surface area contributed by atoms with Crippen molar-refractivity contribution in [2.45, 2.75) is 126 Å². The van der Waals surface area contributed by atoms with E-state index < -0.39 is 0 Å². The molecule has 2 aliphatic heterocycles. The second-order valence-electron chi connectivity index (χ2n) is 20.6. The molecule has 5 aromatic carbocycles. The first kappa shape index (κ1) is 47.0. The van der Waals surface area contributed by atoms with Crippen molar-refractivity contribution in [3.8, 4) is 40.2 Å². The normalized spacial score (nSPS) is 22.6. The number of rotatable bonds is 3. The summed E-state index contributed by atoms with van der Waals surface area (Å²) in [4.78, 5) is 0. The minimum atomic E-state index is 0.277. The first-order valence-electron chi connectivity index (χ1n) is 26.6. The van der Waals surface area contributed by atoms with Crippen molar-refractivity contribution in [3.63, 3.8) is 0 Å². The zero-order valence-electron chi connectivity index (χ0n) is 41.8. The highest BCUT2D eigenvalue weighted by Crippen LogP contribution is 2.58. The van der Waals surface area contributed by atoms with Crippen LogP contribution in [-0.2, 0) is 48.0 Å². The first-order chi connectivity index (χ1) is 34.6. The van der Waals surface area contributed by atoms with Crippen LogP contribution in [0.1, 0.15) is 155 Å². The van der Waals surface area contributed by atoms with Gasteiger partial charge in [-0.25, -0.2) is 0 Å². The van der Waals surface area contributed by atoms with Crippen LogP contribution in [0, 0.1) is 0 Å². The summed E-state index contributed by atoms with van der Waals surface area (Å²) in [5.41, 5.74) is 16.0. The van der Waals surface area contributed by atoms with Crippen LogP contribution in [0.2, 0.25) is 0 Å². The molecule has 70 heavy (non-hydrogen) atoms.